The second-order valence-electron chi connectivity index (χ2n) is 11.1. The SMILES string of the molecule is CNC(=O)CN1CCCC(COc2cc3nccc(Cc4ccc(NC(=O)C5(C(N)=O)CC5)cc4F)c3cc2OC)C1. The van der Waals surface area contributed by atoms with Crippen molar-refractivity contribution in [2.45, 2.75) is 32.1 Å². The van der Waals surface area contributed by atoms with Gasteiger partial charge in [0.15, 0.2) is 11.5 Å². The van der Waals surface area contributed by atoms with Crippen molar-refractivity contribution >= 4 is 34.3 Å². The predicted molar refractivity (Wildman–Crippen MR) is 156 cm³/mol. The normalized spacial score (nSPS) is 17.8. The monoisotopic (exact) mass is 577 g/mol. The maximum atomic E-state index is 15.1. The van der Waals surface area contributed by atoms with Gasteiger partial charge in [0.25, 0.3) is 0 Å². The molecule has 1 aliphatic carbocycles. The molecular formula is C31H36FN5O5. The van der Waals surface area contributed by atoms with Crippen LogP contribution in [-0.4, -0.2) is 68.0 Å². The van der Waals surface area contributed by atoms with Crippen molar-refractivity contribution in [3.63, 3.8) is 0 Å². The molecule has 2 aromatic carbocycles. The highest BCUT2D eigenvalue weighted by Crippen LogP contribution is 2.46. The van der Waals surface area contributed by atoms with E-state index in [9.17, 15) is 14.4 Å². The number of nitrogens with zero attached hydrogens (tertiary/aromatic N) is 2. The van der Waals surface area contributed by atoms with E-state index < -0.39 is 23.0 Å². The van der Waals surface area contributed by atoms with Crippen molar-refractivity contribution < 1.29 is 28.2 Å². The molecule has 2 heterocycles. The van der Waals surface area contributed by atoms with E-state index >= 15 is 4.39 Å². The van der Waals surface area contributed by atoms with Gasteiger partial charge in [0, 0.05) is 49.3 Å². The van der Waals surface area contributed by atoms with Crippen LogP contribution in [-0.2, 0) is 20.8 Å². The lowest BCUT2D eigenvalue weighted by atomic mass is 9.98. The van der Waals surface area contributed by atoms with Gasteiger partial charge in [-0.3, -0.25) is 24.3 Å². The van der Waals surface area contributed by atoms with E-state index in [-0.39, 0.29) is 23.9 Å². The number of nitrogens with one attached hydrogen (secondary N) is 2. The van der Waals surface area contributed by atoms with Gasteiger partial charge >= 0.3 is 0 Å². The number of fused-ring (bicyclic) bond motifs is 1. The summed E-state index contributed by atoms with van der Waals surface area (Å²) >= 11 is 0. The molecular weight excluding hydrogens is 541 g/mol. The maximum Gasteiger partial charge on any atom is 0.240 e. The largest absolute Gasteiger partial charge is 0.493 e. The molecule has 1 unspecified atom stereocenters. The number of aromatic nitrogens is 1. The van der Waals surface area contributed by atoms with Crippen LogP contribution >= 0.6 is 0 Å². The number of benzene rings is 2. The number of hydrogen-bond acceptors (Lipinski definition) is 7. The van der Waals surface area contributed by atoms with Crippen LogP contribution < -0.4 is 25.8 Å². The van der Waals surface area contributed by atoms with E-state index in [1.807, 2.05) is 18.2 Å². The second kappa shape index (κ2) is 12.3. The highest BCUT2D eigenvalue weighted by molar-refractivity contribution is 6.12. The Labute approximate surface area is 243 Å². The van der Waals surface area contributed by atoms with Gasteiger partial charge in [0.1, 0.15) is 11.2 Å². The Hall–Kier alpha value is -4.25. The summed E-state index contributed by atoms with van der Waals surface area (Å²) < 4.78 is 27.0. The van der Waals surface area contributed by atoms with Crippen molar-refractivity contribution in [1.82, 2.24) is 15.2 Å². The summed E-state index contributed by atoms with van der Waals surface area (Å²) in [5.74, 6) is -0.230. The van der Waals surface area contributed by atoms with E-state index in [1.54, 1.807) is 32.5 Å². The first-order valence-electron chi connectivity index (χ1n) is 14.1. The molecule has 2 aliphatic rings. The first kappa shape index (κ1) is 29.2. The zero-order valence-electron chi connectivity index (χ0n) is 23.9. The zero-order valence-corrected chi connectivity index (χ0v) is 23.9. The van der Waals surface area contributed by atoms with Crippen LogP contribution in [0.15, 0.2) is 42.6 Å². The molecule has 2 fully saturated rings. The number of amides is 3. The molecule has 11 heteroatoms. The lowest BCUT2D eigenvalue weighted by Gasteiger charge is -2.32. The maximum absolute atomic E-state index is 15.1. The van der Waals surface area contributed by atoms with Crippen molar-refractivity contribution in [2.75, 3.05) is 45.7 Å². The van der Waals surface area contributed by atoms with Crippen LogP contribution in [0, 0.1) is 17.2 Å². The average molecular weight is 578 g/mol. The number of pyridine rings is 1. The van der Waals surface area contributed by atoms with Gasteiger partial charge in [-0.2, -0.15) is 0 Å². The Kier molecular flexibility index (Phi) is 8.58. The summed E-state index contributed by atoms with van der Waals surface area (Å²) in [5, 5.41) is 6.10. The smallest absolute Gasteiger partial charge is 0.240 e. The molecule has 3 amide bonds. The fraction of sp³-hybridized carbons (Fsp3) is 0.419. The molecule has 0 bridgehead atoms. The summed E-state index contributed by atoms with van der Waals surface area (Å²) in [6.07, 6.45) is 4.79. The fourth-order valence-electron chi connectivity index (χ4n) is 5.49. The van der Waals surface area contributed by atoms with Crippen LogP contribution in [0.4, 0.5) is 10.1 Å². The molecule has 0 spiro atoms. The van der Waals surface area contributed by atoms with Crippen molar-refractivity contribution in [1.29, 1.82) is 0 Å². The lowest BCUT2D eigenvalue weighted by molar-refractivity contribution is -0.132. The number of anilines is 1. The quantitative estimate of drug-likeness (QED) is 0.298. The van der Waals surface area contributed by atoms with Gasteiger partial charge in [-0.25, -0.2) is 4.39 Å². The van der Waals surface area contributed by atoms with E-state index in [2.05, 4.69) is 20.5 Å². The number of halogens is 1. The molecule has 1 saturated heterocycles. The number of likely N-dealkylation sites (tertiary alicyclic amines) is 1. The van der Waals surface area contributed by atoms with Crippen LogP contribution in [0.5, 0.6) is 11.5 Å². The number of hydrogen-bond donors (Lipinski definition) is 3. The van der Waals surface area contributed by atoms with Gasteiger partial charge in [-0.15, -0.1) is 0 Å². The minimum atomic E-state index is -1.18. The minimum absolute atomic E-state index is 0.00364. The number of methoxy groups -OCH3 is 1. The molecule has 3 aromatic rings. The van der Waals surface area contributed by atoms with Gasteiger partial charge in [0.05, 0.1) is 25.8 Å². The van der Waals surface area contributed by atoms with E-state index in [4.69, 9.17) is 15.2 Å². The van der Waals surface area contributed by atoms with E-state index in [0.717, 1.165) is 36.9 Å². The number of rotatable bonds is 11. The predicted octanol–water partition coefficient (Wildman–Crippen LogP) is 3.01. The number of ether oxygens (including phenoxy) is 2. The number of piperidine rings is 1. The van der Waals surface area contributed by atoms with Gasteiger partial charge in [-0.05, 0) is 67.6 Å². The summed E-state index contributed by atoms with van der Waals surface area (Å²) in [5.41, 5.74) is 6.44. The molecule has 222 valence electrons. The van der Waals surface area contributed by atoms with Gasteiger partial charge in [0.2, 0.25) is 17.7 Å². The standard InChI is InChI=1S/C31H36FN5O5/c1-34-28(38)17-37-11-3-4-19(16-37)18-42-27-15-25-23(14-26(27)41-2)20(7-10-35-25)12-21-5-6-22(13-24(21)32)36-30(40)31(8-9-31)29(33)39/h5-7,10,13-15,19H,3-4,8-9,11-12,16-18H2,1-2H3,(H2,33,39)(H,34,38)(H,36,40). The molecule has 5 rings (SSSR count). The highest BCUT2D eigenvalue weighted by Gasteiger charge is 2.55. The topological polar surface area (TPSA) is 136 Å². The minimum Gasteiger partial charge on any atom is -0.493 e. The molecule has 10 nitrogen and oxygen atoms in total. The molecule has 0 radical (unpaired) electrons. The summed E-state index contributed by atoms with van der Waals surface area (Å²) in [6, 6.07) is 10.0. The molecule has 4 N–H and O–H groups in total. The molecule has 1 saturated carbocycles. The fourth-order valence-corrected chi connectivity index (χ4v) is 5.49. The average Bonchev–Trinajstić information content (AvgIpc) is 3.80. The third kappa shape index (κ3) is 6.30. The lowest BCUT2D eigenvalue weighted by Crippen LogP contribution is -2.43. The van der Waals surface area contributed by atoms with Gasteiger partial charge < -0.3 is 25.8 Å². The number of carbonyl (C=O) groups is 3. The summed E-state index contributed by atoms with van der Waals surface area (Å²) in [4.78, 5) is 42.6. The third-order valence-corrected chi connectivity index (χ3v) is 8.19. The summed E-state index contributed by atoms with van der Waals surface area (Å²) in [6.45, 7) is 2.54. The Morgan fingerprint density at radius 3 is 2.64 bits per heavy atom. The Morgan fingerprint density at radius 2 is 1.95 bits per heavy atom. The molecule has 42 heavy (non-hydrogen) atoms. The zero-order chi connectivity index (χ0) is 29.9. The van der Waals surface area contributed by atoms with Crippen LogP contribution in [0.3, 0.4) is 0 Å². The van der Waals surface area contributed by atoms with Crippen LogP contribution in [0.1, 0.15) is 36.8 Å². The highest BCUT2D eigenvalue weighted by atomic mass is 19.1. The molecule has 1 atom stereocenters. The first-order chi connectivity index (χ1) is 20.2. The number of nitrogens with two attached hydrogens (primary N) is 1. The number of likely N-dealkylation sites (N-methyl/N-ethyl adjacent to an activating group) is 1. The Morgan fingerprint density at radius 1 is 1.14 bits per heavy atom. The van der Waals surface area contributed by atoms with E-state index in [1.165, 1.54) is 6.07 Å². The molecule has 1 aromatic heterocycles. The van der Waals surface area contributed by atoms with Crippen LogP contribution in [0.25, 0.3) is 10.9 Å². The summed E-state index contributed by atoms with van der Waals surface area (Å²) in [7, 11) is 3.22. The number of carbonyl (C=O) groups excluding carboxylic acids is 3. The van der Waals surface area contributed by atoms with Crippen LogP contribution in [0.2, 0.25) is 0 Å². The van der Waals surface area contributed by atoms with E-state index in [0.29, 0.717) is 48.6 Å². The third-order valence-electron chi connectivity index (χ3n) is 8.19. The second-order valence-corrected chi connectivity index (χ2v) is 11.1. The van der Waals surface area contributed by atoms with Gasteiger partial charge in [-0.1, -0.05) is 6.07 Å². The Balaban J connectivity index is 1.28. The molecule has 1 aliphatic heterocycles. The van der Waals surface area contributed by atoms with Crippen molar-refractivity contribution in [3.05, 3.63) is 59.5 Å². The number of primary amides is 1. The first-order valence-corrected chi connectivity index (χ1v) is 14.1. The Bertz CT molecular complexity index is 1510. The van der Waals surface area contributed by atoms with Crippen molar-refractivity contribution in [3.8, 4) is 11.5 Å². The van der Waals surface area contributed by atoms with Crippen molar-refractivity contribution in [2.24, 2.45) is 17.1 Å².